The van der Waals surface area contributed by atoms with Crippen LogP contribution in [0.2, 0.25) is 5.02 Å². The fraction of sp³-hybridized carbons (Fsp3) is 0.455. The first-order chi connectivity index (χ1) is 7.94. The summed E-state index contributed by atoms with van der Waals surface area (Å²) < 4.78 is 25.9. The van der Waals surface area contributed by atoms with Crippen LogP contribution in [0.4, 0.5) is 0 Å². The summed E-state index contributed by atoms with van der Waals surface area (Å²) in [4.78, 5) is 0. The van der Waals surface area contributed by atoms with E-state index in [1.165, 1.54) is 0 Å². The van der Waals surface area contributed by atoms with Gasteiger partial charge in [0.1, 0.15) is 0 Å². The smallest absolute Gasteiger partial charge is 0.212 e. The molecule has 0 fully saturated rings. The molecule has 0 aliphatic heterocycles. The van der Waals surface area contributed by atoms with E-state index in [0.29, 0.717) is 17.3 Å². The van der Waals surface area contributed by atoms with Crippen molar-refractivity contribution in [1.82, 2.24) is 4.72 Å². The molecule has 1 atom stereocenters. The first-order valence-corrected chi connectivity index (χ1v) is 7.82. The van der Waals surface area contributed by atoms with E-state index in [1.54, 1.807) is 25.1 Å². The number of alkyl halides is 1. The normalized spacial score (nSPS) is 13.6. The zero-order valence-electron chi connectivity index (χ0n) is 9.49. The van der Waals surface area contributed by atoms with Crippen LogP contribution in [0.25, 0.3) is 0 Å². The van der Waals surface area contributed by atoms with Gasteiger partial charge in [0, 0.05) is 16.9 Å². The molecule has 0 aliphatic rings. The maximum Gasteiger partial charge on any atom is 0.212 e. The molecule has 3 nitrogen and oxygen atoms in total. The quantitative estimate of drug-likeness (QED) is 0.820. The van der Waals surface area contributed by atoms with E-state index < -0.39 is 10.0 Å². The topological polar surface area (TPSA) is 46.2 Å². The Balaban J connectivity index is 2.69. The summed E-state index contributed by atoms with van der Waals surface area (Å²) in [5, 5.41) is 0.592. The Morgan fingerprint density at radius 1 is 1.41 bits per heavy atom. The van der Waals surface area contributed by atoms with Crippen molar-refractivity contribution in [3.63, 3.8) is 0 Å². The van der Waals surface area contributed by atoms with Gasteiger partial charge in [-0.05, 0) is 31.0 Å². The fourth-order valence-corrected chi connectivity index (χ4v) is 3.22. The van der Waals surface area contributed by atoms with Crippen LogP contribution in [-0.2, 0) is 10.0 Å². The number of halogens is 2. The van der Waals surface area contributed by atoms with Gasteiger partial charge in [-0.15, -0.1) is 11.6 Å². The molecule has 17 heavy (non-hydrogen) atoms. The van der Waals surface area contributed by atoms with Crippen molar-refractivity contribution in [2.75, 3.05) is 11.6 Å². The van der Waals surface area contributed by atoms with Crippen LogP contribution in [0.1, 0.15) is 24.9 Å². The molecule has 6 heteroatoms. The molecule has 0 spiro atoms. The van der Waals surface area contributed by atoms with Crippen LogP contribution in [0.15, 0.2) is 24.3 Å². The first kappa shape index (κ1) is 14.8. The zero-order valence-corrected chi connectivity index (χ0v) is 11.8. The van der Waals surface area contributed by atoms with E-state index in [1.807, 2.05) is 6.07 Å². The van der Waals surface area contributed by atoms with Gasteiger partial charge in [-0.3, -0.25) is 0 Å². The molecule has 96 valence electrons. The van der Waals surface area contributed by atoms with Crippen molar-refractivity contribution in [3.8, 4) is 0 Å². The number of rotatable bonds is 6. The lowest BCUT2D eigenvalue weighted by Gasteiger charge is -2.14. The van der Waals surface area contributed by atoms with Gasteiger partial charge in [-0.2, -0.15) is 0 Å². The highest BCUT2D eigenvalue weighted by molar-refractivity contribution is 7.89. The van der Waals surface area contributed by atoms with Crippen LogP contribution < -0.4 is 4.72 Å². The van der Waals surface area contributed by atoms with Crippen molar-refractivity contribution in [2.24, 2.45) is 0 Å². The zero-order chi connectivity index (χ0) is 12.9. The molecule has 0 aromatic heterocycles. The van der Waals surface area contributed by atoms with E-state index in [-0.39, 0.29) is 11.8 Å². The Bertz CT molecular complexity index is 462. The van der Waals surface area contributed by atoms with Crippen LogP contribution in [0.5, 0.6) is 0 Å². The third kappa shape index (κ3) is 5.25. The number of hydrogen-bond donors (Lipinski definition) is 1. The van der Waals surface area contributed by atoms with E-state index in [9.17, 15) is 8.42 Å². The van der Waals surface area contributed by atoms with Gasteiger partial charge >= 0.3 is 0 Å². The van der Waals surface area contributed by atoms with Crippen molar-refractivity contribution in [1.29, 1.82) is 0 Å². The molecule has 0 saturated carbocycles. The summed E-state index contributed by atoms with van der Waals surface area (Å²) >= 11 is 11.3. The Hall–Kier alpha value is -0.290. The summed E-state index contributed by atoms with van der Waals surface area (Å²) in [6, 6.07) is 6.83. The highest BCUT2D eigenvalue weighted by Gasteiger charge is 2.15. The second-order valence-corrected chi connectivity index (χ2v) is 6.44. The van der Waals surface area contributed by atoms with Crippen molar-refractivity contribution in [3.05, 3.63) is 34.9 Å². The molecule has 0 saturated heterocycles. The van der Waals surface area contributed by atoms with E-state index in [0.717, 1.165) is 5.56 Å². The average Bonchev–Trinajstić information content (AvgIpc) is 2.26. The summed E-state index contributed by atoms with van der Waals surface area (Å²) in [6.07, 6.45) is 0.444. The minimum Gasteiger partial charge on any atom is -0.212 e. The monoisotopic (exact) mass is 295 g/mol. The van der Waals surface area contributed by atoms with E-state index in [4.69, 9.17) is 23.2 Å². The number of sulfonamides is 1. The number of nitrogens with one attached hydrogen (secondary N) is 1. The van der Waals surface area contributed by atoms with Gasteiger partial charge in [0.15, 0.2) is 0 Å². The first-order valence-electron chi connectivity index (χ1n) is 5.26. The van der Waals surface area contributed by atoms with Gasteiger partial charge in [0.25, 0.3) is 0 Å². The Morgan fingerprint density at radius 3 is 2.71 bits per heavy atom. The van der Waals surface area contributed by atoms with Crippen LogP contribution >= 0.6 is 23.2 Å². The Morgan fingerprint density at radius 2 is 2.12 bits per heavy atom. The lowest BCUT2D eigenvalue weighted by molar-refractivity contribution is 0.566. The third-order valence-electron chi connectivity index (χ3n) is 2.25. The lowest BCUT2D eigenvalue weighted by atomic mass is 10.1. The number of hydrogen-bond acceptors (Lipinski definition) is 2. The second-order valence-electron chi connectivity index (χ2n) is 3.76. The van der Waals surface area contributed by atoms with Crippen molar-refractivity contribution < 1.29 is 8.42 Å². The van der Waals surface area contributed by atoms with Crippen LogP contribution in [-0.4, -0.2) is 20.1 Å². The molecule has 0 amide bonds. The van der Waals surface area contributed by atoms with E-state index in [2.05, 4.69) is 4.72 Å². The Kier molecular flexibility index (Phi) is 5.73. The number of benzene rings is 1. The maximum atomic E-state index is 11.7. The molecule has 0 bridgehead atoms. The molecule has 1 aromatic rings. The van der Waals surface area contributed by atoms with Crippen LogP contribution in [0.3, 0.4) is 0 Å². The van der Waals surface area contributed by atoms with Crippen molar-refractivity contribution >= 4 is 33.2 Å². The Labute approximate surface area is 112 Å². The minimum atomic E-state index is -3.28. The third-order valence-corrected chi connectivity index (χ3v) is 4.29. The summed E-state index contributed by atoms with van der Waals surface area (Å²) in [5.74, 6) is 0.383. The largest absolute Gasteiger partial charge is 0.212 e. The average molecular weight is 296 g/mol. The highest BCUT2D eigenvalue weighted by atomic mass is 35.5. The lowest BCUT2D eigenvalue weighted by Crippen LogP contribution is -2.29. The standard InChI is InChI=1S/C11H15Cl2NO2S/c1-9(10-4-2-5-11(13)8-10)14-17(15,16)7-3-6-12/h2,4-5,8-9,14H,3,6-7H2,1H3/t9-/m1/s1. The molecule has 0 aliphatic carbocycles. The summed E-state index contributed by atoms with van der Waals surface area (Å²) in [7, 11) is -3.28. The molecular formula is C11H15Cl2NO2S. The predicted octanol–water partition coefficient (Wildman–Crippen LogP) is 2.95. The molecular weight excluding hydrogens is 281 g/mol. The van der Waals surface area contributed by atoms with E-state index >= 15 is 0 Å². The molecule has 0 radical (unpaired) electrons. The molecule has 1 N–H and O–H groups in total. The van der Waals surface area contributed by atoms with Gasteiger partial charge in [-0.1, -0.05) is 23.7 Å². The molecule has 0 heterocycles. The molecule has 1 aromatic carbocycles. The SMILES string of the molecule is C[C@@H](NS(=O)(=O)CCCCl)c1cccc(Cl)c1. The van der Waals surface area contributed by atoms with Gasteiger partial charge < -0.3 is 0 Å². The molecule has 0 unspecified atom stereocenters. The van der Waals surface area contributed by atoms with Crippen LogP contribution in [0, 0.1) is 0 Å². The van der Waals surface area contributed by atoms with Crippen molar-refractivity contribution in [2.45, 2.75) is 19.4 Å². The van der Waals surface area contributed by atoms with Gasteiger partial charge in [-0.25, -0.2) is 13.1 Å². The highest BCUT2D eigenvalue weighted by Crippen LogP contribution is 2.18. The summed E-state index contributed by atoms with van der Waals surface area (Å²) in [6.45, 7) is 1.78. The second kappa shape index (κ2) is 6.59. The minimum absolute atomic E-state index is 0.0431. The van der Waals surface area contributed by atoms with Gasteiger partial charge in [0.2, 0.25) is 10.0 Å². The maximum absolute atomic E-state index is 11.7. The summed E-state index contributed by atoms with van der Waals surface area (Å²) in [5.41, 5.74) is 0.840. The van der Waals surface area contributed by atoms with Gasteiger partial charge in [0.05, 0.1) is 5.75 Å². The fourth-order valence-electron chi connectivity index (χ4n) is 1.42. The molecule has 1 rings (SSSR count). The predicted molar refractivity (Wildman–Crippen MR) is 72.1 cm³/mol.